The van der Waals surface area contributed by atoms with Crippen LogP contribution in [0.1, 0.15) is 5.56 Å². The zero-order chi connectivity index (χ0) is 14.8. The number of halogens is 1. The van der Waals surface area contributed by atoms with Crippen molar-refractivity contribution < 1.29 is 13.9 Å². The van der Waals surface area contributed by atoms with Crippen LogP contribution in [0.2, 0.25) is 0 Å². The maximum Gasteiger partial charge on any atom is 0.127 e. The van der Waals surface area contributed by atoms with Crippen LogP contribution in [-0.4, -0.2) is 62.8 Å². The molecule has 0 radical (unpaired) electrons. The predicted octanol–water partition coefficient (Wildman–Crippen LogP) is 1.60. The van der Waals surface area contributed by atoms with Gasteiger partial charge in [0.05, 0.1) is 20.3 Å². The fraction of sp³-hybridized carbons (Fsp3) is 0.625. The van der Waals surface area contributed by atoms with Gasteiger partial charge in [-0.15, -0.1) is 0 Å². The molecule has 21 heavy (non-hydrogen) atoms. The zero-order valence-electron chi connectivity index (χ0n) is 12.7. The highest BCUT2D eigenvalue weighted by Gasteiger charge is 2.31. The summed E-state index contributed by atoms with van der Waals surface area (Å²) in [6, 6.07) is 5.35. The Morgan fingerprint density at radius 2 is 2.14 bits per heavy atom. The highest BCUT2D eigenvalue weighted by atomic mass is 19.1. The van der Waals surface area contributed by atoms with Gasteiger partial charge < -0.3 is 9.47 Å². The summed E-state index contributed by atoms with van der Waals surface area (Å²) in [5.41, 5.74) is 0.706. The molecular weight excluding hydrogens is 271 g/mol. The molecular formula is C16H23FN2O2. The average Bonchev–Trinajstić information content (AvgIpc) is 2.70. The molecule has 2 bridgehead atoms. The second-order valence-corrected chi connectivity index (χ2v) is 6.15. The van der Waals surface area contributed by atoms with Crippen molar-refractivity contribution in [2.24, 2.45) is 5.92 Å². The Morgan fingerprint density at radius 1 is 1.29 bits per heavy atom. The molecule has 0 unspecified atom stereocenters. The van der Waals surface area contributed by atoms with E-state index < -0.39 is 0 Å². The van der Waals surface area contributed by atoms with Gasteiger partial charge in [-0.05, 0) is 25.2 Å². The molecule has 1 aromatic carbocycles. The zero-order valence-corrected chi connectivity index (χ0v) is 12.7. The molecule has 0 aliphatic carbocycles. The standard InChI is InChI=1S/C16H23FN2O2/c1-18-6-12-7-19(9-14(18)11-21-10-12)8-13-5-15(20-2)3-4-16(13)17/h3-5,12,14H,6-11H2,1-2H3/t12-,14+/m1/s1. The van der Waals surface area contributed by atoms with E-state index >= 15 is 0 Å². The Kier molecular flexibility index (Phi) is 4.42. The smallest absolute Gasteiger partial charge is 0.127 e. The van der Waals surface area contributed by atoms with Gasteiger partial charge in [0.25, 0.3) is 0 Å². The van der Waals surface area contributed by atoms with E-state index in [1.165, 1.54) is 6.07 Å². The molecule has 0 saturated carbocycles. The van der Waals surface area contributed by atoms with Crippen molar-refractivity contribution in [3.05, 3.63) is 29.6 Å². The van der Waals surface area contributed by atoms with Crippen LogP contribution < -0.4 is 4.74 Å². The van der Waals surface area contributed by atoms with E-state index in [1.807, 2.05) is 0 Å². The van der Waals surface area contributed by atoms with Crippen LogP contribution in [0.25, 0.3) is 0 Å². The Morgan fingerprint density at radius 3 is 2.95 bits per heavy atom. The second kappa shape index (κ2) is 6.30. The summed E-state index contributed by atoms with van der Waals surface area (Å²) < 4.78 is 24.9. The van der Waals surface area contributed by atoms with Gasteiger partial charge >= 0.3 is 0 Å². The first kappa shape index (κ1) is 14.8. The first-order valence-corrected chi connectivity index (χ1v) is 7.48. The van der Waals surface area contributed by atoms with Crippen LogP contribution in [0.4, 0.5) is 4.39 Å². The lowest BCUT2D eigenvalue weighted by Crippen LogP contribution is -2.42. The second-order valence-electron chi connectivity index (χ2n) is 6.15. The minimum Gasteiger partial charge on any atom is -0.497 e. The fourth-order valence-electron chi connectivity index (χ4n) is 3.32. The molecule has 2 fully saturated rings. The molecule has 0 spiro atoms. The molecule has 0 aromatic heterocycles. The molecule has 2 atom stereocenters. The third kappa shape index (κ3) is 3.36. The average molecular weight is 294 g/mol. The SMILES string of the molecule is COc1ccc(F)c(CN2C[C@@H]3COC[C@H](C2)N(C)C3)c1. The van der Waals surface area contributed by atoms with Crippen LogP contribution in [-0.2, 0) is 11.3 Å². The summed E-state index contributed by atoms with van der Waals surface area (Å²) in [5, 5.41) is 0. The molecule has 0 N–H and O–H groups in total. The van der Waals surface area contributed by atoms with Crippen molar-refractivity contribution in [3.63, 3.8) is 0 Å². The van der Waals surface area contributed by atoms with Gasteiger partial charge in [-0.25, -0.2) is 4.39 Å². The van der Waals surface area contributed by atoms with Gasteiger partial charge in [-0.2, -0.15) is 0 Å². The van der Waals surface area contributed by atoms with Crippen LogP contribution in [0.15, 0.2) is 18.2 Å². The minimum atomic E-state index is -0.158. The summed E-state index contributed by atoms with van der Waals surface area (Å²) in [4.78, 5) is 4.72. The van der Waals surface area contributed by atoms with E-state index in [0.29, 0.717) is 29.8 Å². The monoisotopic (exact) mass is 294 g/mol. The number of methoxy groups -OCH3 is 1. The first-order chi connectivity index (χ1) is 10.2. The lowest BCUT2D eigenvalue weighted by molar-refractivity contribution is 0.0513. The van der Waals surface area contributed by atoms with Gasteiger partial charge in [0, 0.05) is 43.7 Å². The molecule has 4 nitrogen and oxygen atoms in total. The maximum absolute atomic E-state index is 14.0. The van der Waals surface area contributed by atoms with Crippen LogP contribution in [0, 0.1) is 11.7 Å². The van der Waals surface area contributed by atoms with Gasteiger partial charge in [0.1, 0.15) is 11.6 Å². The van der Waals surface area contributed by atoms with Crippen LogP contribution in [0.3, 0.4) is 0 Å². The maximum atomic E-state index is 14.0. The Labute approximate surface area is 125 Å². The molecule has 0 amide bonds. The van der Waals surface area contributed by atoms with E-state index in [9.17, 15) is 4.39 Å². The van der Waals surface area contributed by atoms with Crippen LogP contribution in [0.5, 0.6) is 5.75 Å². The Balaban J connectivity index is 1.75. The highest BCUT2D eigenvalue weighted by Crippen LogP contribution is 2.22. The number of likely N-dealkylation sites (N-methyl/N-ethyl adjacent to an activating group) is 1. The summed E-state index contributed by atoms with van der Waals surface area (Å²) in [5.74, 6) is 1.05. The predicted molar refractivity (Wildman–Crippen MR) is 79.0 cm³/mol. The van der Waals surface area contributed by atoms with Gasteiger partial charge in [-0.3, -0.25) is 9.80 Å². The third-order valence-electron chi connectivity index (χ3n) is 4.47. The van der Waals surface area contributed by atoms with Crippen LogP contribution >= 0.6 is 0 Å². The van der Waals surface area contributed by atoms with Gasteiger partial charge in [-0.1, -0.05) is 0 Å². The van der Waals surface area contributed by atoms with Gasteiger partial charge in [0.15, 0.2) is 0 Å². The topological polar surface area (TPSA) is 24.9 Å². The number of hydrogen-bond acceptors (Lipinski definition) is 4. The van der Waals surface area contributed by atoms with E-state index in [4.69, 9.17) is 9.47 Å². The summed E-state index contributed by atoms with van der Waals surface area (Å²) in [6.45, 7) is 5.13. The largest absolute Gasteiger partial charge is 0.497 e. The van der Waals surface area contributed by atoms with Crippen molar-refractivity contribution in [2.45, 2.75) is 12.6 Å². The third-order valence-corrected chi connectivity index (χ3v) is 4.47. The Bertz CT molecular complexity index is 497. The molecule has 116 valence electrons. The molecule has 2 heterocycles. The fourth-order valence-corrected chi connectivity index (χ4v) is 3.32. The molecule has 3 rings (SSSR count). The molecule has 2 saturated heterocycles. The van der Waals surface area contributed by atoms with E-state index in [1.54, 1.807) is 19.2 Å². The van der Waals surface area contributed by atoms with Gasteiger partial charge in [0.2, 0.25) is 0 Å². The number of fused-ring (bicyclic) bond motifs is 3. The first-order valence-electron chi connectivity index (χ1n) is 7.48. The lowest BCUT2D eigenvalue weighted by Gasteiger charge is -2.29. The van der Waals surface area contributed by atoms with E-state index in [0.717, 1.165) is 32.8 Å². The number of hydrogen-bond donors (Lipinski definition) is 0. The van der Waals surface area contributed by atoms with Crippen molar-refractivity contribution in [3.8, 4) is 5.75 Å². The number of nitrogens with zero attached hydrogens (tertiary/aromatic N) is 2. The van der Waals surface area contributed by atoms with E-state index in [-0.39, 0.29) is 5.82 Å². The molecule has 2 aliphatic rings. The number of benzene rings is 1. The summed E-state index contributed by atoms with van der Waals surface area (Å²) >= 11 is 0. The van der Waals surface area contributed by atoms with Crippen molar-refractivity contribution in [1.29, 1.82) is 0 Å². The normalized spacial score (nSPS) is 27.4. The number of rotatable bonds is 3. The van der Waals surface area contributed by atoms with Crippen molar-refractivity contribution in [1.82, 2.24) is 9.80 Å². The van der Waals surface area contributed by atoms with Crippen molar-refractivity contribution >= 4 is 0 Å². The minimum absolute atomic E-state index is 0.158. The summed E-state index contributed by atoms with van der Waals surface area (Å²) in [7, 11) is 3.77. The quantitative estimate of drug-likeness (QED) is 0.845. The van der Waals surface area contributed by atoms with Crippen molar-refractivity contribution in [2.75, 3.05) is 47.0 Å². The summed E-state index contributed by atoms with van der Waals surface area (Å²) in [6.07, 6.45) is 0. The Hall–Kier alpha value is -1.17. The van der Waals surface area contributed by atoms with E-state index in [2.05, 4.69) is 16.8 Å². The highest BCUT2D eigenvalue weighted by molar-refractivity contribution is 5.29. The molecule has 1 aromatic rings. The molecule has 2 aliphatic heterocycles. The lowest BCUT2D eigenvalue weighted by atomic mass is 10.1. The molecule has 5 heteroatoms. The number of ether oxygens (including phenoxy) is 2.